The lowest BCUT2D eigenvalue weighted by Gasteiger charge is -2.39. The van der Waals surface area contributed by atoms with Crippen LogP contribution in [0, 0.1) is 5.92 Å². The van der Waals surface area contributed by atoms with Gasteiger partial charge < -0.3 is 9.42 Å². The van der Waals surface area contributed by atoms with Crippen LogP contribution in [0.25, 0.3) is 11.4 Å². The molecule has 5 heteroatoms. The first-order chi connectivity index (χ1) is 11.3. The molecule has 1 aliphatic heterocycles. The highest BCUT2D eigenvalue weighted by Crippen LogP contribution is 2.30. The highest BCUT2D eigenvalue weighted by molar-refractivity contribution is 5.80. The van der Waals surface area contributed by atoms with Crippen molar-refractivity contribution in [1.29, 1.82) is 0 Å². The Morgan fingerprint density at radius 2 is 2.00 bits per heavy atom. The number of allylic oxidation sites excluding steroid dienone is 2. The van der Waals surface area contributed by atoms with Crippen LogP contribution in [-0.2, 0) is 4.79 Å². The number of hydrogen-bond acceptors (Lipinski definition) is 4. The molecule has 2 heterocycles. The summed E-state index contributed by atoms with van der Waals surface area (Å²) >= 11 is 0. The van der Waals surface area contributed by atoms with Crippen molar-refractivity contribution in [2.75, 3.05) is 13.1 Å². The molecule has 4 rings (SSSR count). The van der Waals surface area contributed by atoms with E-state index in [2.05, 4.69) is 22.3 Å². The fourth-order valence-electron chi connectivity index (χ4n) is 3.20. The van der Waals surface area contributed by atoms with Gasteiger partial charge >= 0.3 is 0 Å². The quantitative estimate of drug-likeness (QED) is 0.818. The van der Waals surface area contributed by atoms with Crippen LogP contribution < -0.4 is 0 Å². The van der Waals surface area contributed by atoms with Crippen molar-refractivity contribution in [3.05, 3.63) is 48.4 Å². The van der Waals surface area contributed by atoms with Gasteiger partial charge in [0.1, 0.15) is 0 Å². The van der Waals surface area contributed by atoms with E-state index >= 15 is 0 Å². The SMILES string of the molecule is O=C(C1CC=CCC1)N1CC(c2nc(-c3ccccc3)no2)C1. The van der Waals surface area contributed by atoms with Crippen LogP contribution in [0.5, 0.6) is 0 Å². The lowest BCUT2D eigenvalue weighted by Crippen LogP contribution is -2.50. The largest absolute Gasteiger partial charge is 0.341 e. The van der Waals surface area contributed by atoms with Crippen LogP contribution in [0.15, 0.2) is 47.0 Å². The Morgan fingerprint density at radius 1 is 1.17 bits per heavy atom. The van der Waals surface area contributed by atoms with Gasteiger partial charge in [-0.15, -0.1) is 0 Å². The molecule has 1 fully saturated rings. The maximum Gasteiger partial charge on any atom is 0.233 e. The second-order valence-corrected chi connectivity index (χ2v) is 6.24. The summed E-state index contributed by atoms with van der Waals surface area (Å²) in [5.41, 5.74) is 0.948. The number of nitrogens with zero attached hydrogens (tertiary/aromatic N) is 3. The van der Waals surface area contributed by atoms with E-state index in [-0.39, 0.29) is 17.7 Å². The van der Waals surface area contributed by atoms with Gasteiger partial charge in [-0.1, -0.05) is 47.6 Å². The zero-order chi connectivity index (χ0) is 15.6. The van der Waals surface area contributed by atoms with E-state index in [9.17, 15) is 4.79 Å². The molecule has 1 aliphatic carbocycles. The molecular formula is C18H19N3O2. The molecule has 1 aromatic carbocycles. The summed E-state index contributed by atoms with van der Waals surface area (Å²) in [6.45, 7) is 1.38. The van der Waals surface area contributed by atoms with Gasteiger partial charge in [0, 0.05) is 24.6 Å². The van der Waals surface area contributed by atoms with Gasteiger partial charge in [-0.25, -0.2) is 0 Å². The minimum Gasteiger partial charge on any atom is -0.341 e. The van der Waals surface area contributed by atoms with Gasteiger partial charge in [0.15, 0.2) is 0 Å². The molecule has 1 saturated heterocycles. The molecule has 1 amide bonds. The second-order valence-electron chi connectivity index (χ2n) is 6.24. The molecule has 0 bridgehead atoms. The summed E-state index contributed by atoms with van der Waals surface area (Å²) in [6, 6.07) is 9.78. The molecule has 2 aromatic rings. The molecular weight excluding hydrogens is 290 g/mol. The third-order valence-corrected chi connectivity index (χ3v) is 4.63. The van der Waals surface area contributed by atoms with E-state index in [1.807, 2.05) is 35.2 Å². The zero-order valence-corrected chi connectivity index (χ0v) is 12.9. The Labute approximate surface area is 135 Å². The molecule has 0 radical (unpaired) electrons. The van der Waals surface area contributed by atoms with Crippen molar-refractivity contribution in [3.63, 3.8) is 0 Å². The molecule has 23 heavy (non-hydrogen) atoms. The molecule has 5 nitrogen and oxygen atoms in total. The number of amides is 1. The van der Waals surface area contributed by atoms with E-state index in [0.717, 1.165) is 24.8 Å². The molecule has 2 aliphatic rings. The van der Waals surface area contributed by atoms with Crippen molar-refractivity contribution in [2.24, 2.45) is 5.92 Å². The number of aromatic nitrogens is 2. The number of likely N-dealkylation sites (tertiary alicyclic amines) is 1. The average Bonchev–Trinajstić information content (AvgIpc) is 3.05. The molecule has 0 N–H and O–H groups in total. The Kier molecular flexibility index (Phi) is 3.69. The van der Waals surface area contributed by atoms with Crippen molar-refractivity contribution in [2.45, 2.75) is 25.2 Å². The molecule has 0 saturated carbocycles. The number of benzene rings is 1. The highest BCUT2D eigenvalue weighted by atomic mass is 16.5. The van der Waals surface area contributed by atoms with Crippen molar-refractivity contribution < 1.29 is 9.32 Å². The minimum absolute atomic E-state index is 0.156. The van der Waals surface area contributed by atoms with Gasteiger partial charge in [0.25, 0.3) is 0 Å². The van der Waals surface area contributed by atoms with Crippen molar-refractivity contribution in [3.8, 4) is 11.4 Å². The minimum atomic E-state index is 0.156. The summed E-state index contributed by atoms with van der Waals surface area (Å²) in [5.74, 6) is 1.85. The van der Waals surface area contributed by atoms with Gasteiger partial charge in [0.05, 0.1) is 5.92 Å². The number of carbonyl (C=O) groups excluding carboxylic acids is 1. The fraction of sp³-hybridized carbons (Fsp3) is 0.389. The van der Waals surface area contributed by atoms with E-state index in [0.29, 0.717) is 24.8 Å². The van der Waals surface area contributed by atoms with E-state index in [1.165, 1.54) is 0 Å². The van der Waals surface area contributed by atoms with E-state index in [4.69, 9.17) is 4.52 Å². The number of rotatable bonds is 3. The highest BCUT2D eigenvalue weighted by Gasteiger charge is 2.38. The van der Waals surface area contributed by atoms with Crippen LogP contribution >= 0.6 is 0 Å². The van der Waals surface area contributed by atoms with Crippen molar-refractivity contribution >= 4 is 5.91 Å². The molecule has 118 valence electrons. The third kappa shape index (κ3) is 2.79. The first-order valence-corrected chi connectivity index (χ1v) is 8.14. The lowest BCUT2D eigenvalue weighted by atomic mass is 9.90. The maximum absolute atomic E-state index is 12.4. The van der Waals surface area contributed by atoms with Gasteiger partial charge in [-0.3, -0.25) is 4.79 Å². The Balaban J connectivity index is 1.38. The van der Waals surface area contributed by atoms with Gasteiger partial charge in [-0.05, 0) is 19.3 Å². The molecule has 0 spiro atoms. The summed E-state index contributed by atoms with van der Waals surface area (Å²) in [5, 5.41) is 4.05. The summed E-state index contributed by atoms with van der Waals surface area (Å²) in [6.07, 6.45) is 7.13. The zero-order valence-electron chi connectivity index (χ0n) is 12.9. The summed E-state index contributed by atoms with van der Waals surface area (Å²) < 4.78 is 5.39. The lowest BCUT2D eigenvalue weighted by molar-refractivity contribution is -0.140. The third-order valence-electron chi connectivity index (χ3n) is 4.63. The number of hydrogen-bond donors (Lipinski definition) is 0. The van der Waals surface area contributed by atoms with Crippen LogP contribution in [-0.4, -0.2) is 34.0 Å². The Hall–Kier alpha value is -2.43. The predicted octanol–water partition coefficient (Wildman–Crippen LogP) is 3.02. The standard InChI is InChI=1S/C18H19N3O2/c22-18(14-9-5-2-6-10-14)21-11-15(12-21)17-19-16(20-23-17)13-7-3-1-4-8-13/h1-5,7-8,14-15H,6,9-12H2. The van der Waals surface area contributed by atoms with Gasteiger partial charge in [0.2, 0.25) is 17.6 Å². The monoisotopic (exact) mass is 309 g/mol. The topological polar surface area (TPSA) is 59.2 Å². The second kappa shape index (κ2) is 5.99. The molecule has 1 atom stereocenters. The first-order valence-electron chi connectivity index (χ1n) is 8.14. The van der Waals surface area contributed by atoms with Crippen LogP contribution in [0.4, 0.5) is 0 Å². The fourth-order valence-corrected chi connectivity index (χ4v) is 3.20. The maximum atomic E-state index is 12.4. The Morgan fingerprint density at radius 3 is 2.74 bits per heavy atom. The van der Waals surface area contributed by atoms with Gasteiger partial charge in [-0.2, -0.15) is 4.98 Å². The van der Waals surface area contributed by atoms with Crippen LogP contribution in [0.1, 0.15) is 31.1 Å². The summed E-state index contributed by atoms with van der Waals surface area (Å²) in [7, 11) is 0. The average molecular weight is 309 g/mol. The number of carbonyl (C=O) groups is 1. The van der Waals surface area contributed by atoms with Crippen LogP contribution in [0.3, 0.4) is 0 Å². The summed E-state index contributed by atoms with van der Waals surface area (Å²) in [4.78, 5) is 18.8. The van der Waals surface area contributed by atoms with E-state index < -0.39 is 0 Å². The molecule has 1 aromatic heterocycles. The van der Waals surface area contributed by atoms with Crippen LogP contribution in [0.2, 0.25) is 0 Å². The smallest absolute Gasteiger partial charge is 0.233 e. The Bertz CT molecular complexity index is 717. The van der Waals surface area contributed by atoms with Crippen molar-refractivity contribution in [1.82, 2.24) is 15.0 Å². The first kappa shape index (κ1) is 14.2. The predicted molar refractivity (Wildman–Crippen MR) is 85.5 cm³/mol. The normalized spacial score (nSPS) is 21.2. The molecule has 1 unspecified atom stereocenters. The van der Waals surface area contributed by atoms with E-state index in [1.54, 1.807) is 0 Å².